The van der Waals surface area contributed by atoms with E-state index in [0.29, 0.717) is 40.5 Å². The molecule has 0 unspecified atom stereocenters. The molecular weight excluding hydrogens is 464 g/mol. The van der Waals surface area contributed by atoms with E-state index in [9.17, 15) is 9.59 Å². The number of rotatable bonds is 4. The van der Waals surface area contributed by atoms with Gasteiger partial charge in [0.1, 0.15) is 0 Å². The average molecular weight is 489 g/mol. The van der Waals surface area contributed by atoms with Crippen LogP contribution in [-0.2, 0) is 4.74 Å². The Morgan fingerprint density at radius 2 is 1.66 bits per heavy atom. The molecule has 0 spiro atoms. The summed E-state index contributed by atoms with van der Waals surface area (Å²) in [6, 6.07) is 20.3. The van der Waals surface area contributed by atoms with E-state index in [4.69, 9.17) is 21.3 Å². The van der Waals surface area contributed by atoms with E-state index in [-0.39, 0.29) is 5.56 Å². The lowest BCUT2D eigenvalue weighted by Gasteiger charge is -2.38. The predicted molar refractivity (Wildman–Crippen MR) is 139 cm³/mol. The molecule has 0 bridgehead atoms. The molecule has 1 aliphatic heterocycles. The molecule has 1 saturated heterocycles. The number of para-hydroxylation sites is 1. The number of anilines is 2. The second kappa shape index (κ2) is 9.43. The Kier molecular flexibility index (Phi) is 6.17. The Morgan fingerprint density at radius 1 is 0.943 bits per heavy atom. The number of nitrogens with zero attached hydrogens (tertiary/aromatic N) is 4. The van der Waals surface area contributed by atoms with Crippen LogP contribution in [-0.4, -0.2) is 48.8 Å². The summed E-state index contributed by atoms with van der Waals surface area (Å²) in [6.45, 7) is 4.94. The maximum atomic E-state index is 13.7. The zero-order valence-corrected chi connectivity index (χ0v) is 20.3. The Bertz CT molecular complexity index is 1460. The van der Waals surface area contributed by atoms with E-state index in [0.717, 1.165) is 24.5 Å². The summed E-state index contributed by atoms with van der Waals surface area (Å²) in [5, 5.41) is 1.15. The molecule has 35 heavy (non-hydrogen) atoms. The predicted octanol–water partition coefficient (Wildman–Crippen LogP) is 4.46. The van der Waals surface area contributed by atoms with Crippen LogP contribution in [0.5, 0.6) is 0 Å². The van der Waals surface area contributed by atoms with Gasteiger partial charge in [-0.1, -0.05) is 35.9 Å². The van der Waals surface area contributed by atoms with Crippen molar-refractivity contribution in [3.05, 3.63) is 93.2 Å². The highest BCUT2D eigenvalue weighted by Gasteiger charge is 2.24. The van der Waals surface area contributed by atoms with Crippen molar-refractivity contribution < 1.29 is 9.53 Å². The van der Waals surface area contributed by atoms with Crippen molar-refractivity contribution in [3.8, 4) is 5.69 Å². The molecule has 7 nitrogen and oxygen atoms in total. The normalized spacial score (nSPS) is 13.8. The average Bonchev–Trinajstić information content (AvgIpc) is 2.89. The highest BCUT2D eigenvalue weighted by molar-refractivity contribution is 6.30. The van der Waals surface area contributed by atoms with E-state index in [1.807, 2.05) is 48.5 Å². The van der Waals surface area contributed by atoms with Crippen LogP contribution in [0.2, 0.25) is 5.02 Å². The topological polar surface area (TPSA) is 67.7 Å². The smallest absolute Gasteiger partial charge is 0.337 e. The fourth-order valence-electron chi connectivity index (χ4n) is 4.51. The molecule has 1 aliphatic rings. The molecule has 4 aromatic rings. The zero-order chi connectivity index (χ0) is 24.5. The number of hydrogen-bond acceptors (Lipinski definition) is 6. The number of fused-ring (bicyclic) bond motifs is 1. The second-order valence-electron chi connectivity index (χ2n) is 8.52. The summed E-state index contributed by atoms with van der Waals surface area (Å²) in [7, 11) is 1.33. The highest BCUT2D eigenvalue weighted by Crippen LogP contribution is 2.27. The summed E-state index contributed by atoms with van der Waals surface area (Å²) >= 11 is 6.25. The molecule has 8 heteroatoms. The first-order valence-corrected chi connectivity index (χ1v) is 11.8. The Hall–Kier alpha value is -3.84. The lowest BCUT2D eigenvalue weighted by molar-refractivity contribution is 0.0601. The van der Waals surface area contributed by atoms with Gasteiger partial charge in [0.2, 0.25) is 5.95 Å². The maximum Gasteiger partial charge on any atom is 0.337 e. The van der Waals surface area contributed by atoms with Crippen LogP contribution < -0.4 is 15.4 Å². The monoisotopic (exact) mass is 488 g/mol. The van der Waals surface area contributed by atoms with Crippen LogP contribution in [0.15, 0.2) is 71.5 Å². The summed E-state index contributed by atoms with van der Waals surface area (Å²) in [4.78, 5) is 35.1. The molecule has 178 valence electrons. The Balaban J connectivity index is 1.57. The van der Waals surface area contributed by atoms with Crippen LogP contribution in [0.4, 0.5) is 11.6 Å². The van der Waals surface area contributed by atoms with Gasteiger partial charge in [0, 0.05) is 36.9 Å². The van der Waals surface area contributed by atoms with Crippen LogP contribution in [0, 0.1) is 6.92 Å². The largest absolute Gasteiger partial charge is 0.465 e. The van der Waals surface area contributed by atoms with Gasteiger partial charge in [-0.2, -0.15) is 0 Å². The minimum Gasteiger partial charge on any atom is -0.465 e. The SMILES string of the molecule is COC(=O)c1ccc2c(=O)n(-c3ccccc3)c(N3CCN(c4cc(Cl)ccc4C)CC3)nc2c1. The van der Waals surface area contributed by atoms with E-state index >= 15 is 0 Å². The first-order valence-electron chi connectivity index (χ1n) is 11.4. The fraction of sp³-hybridized carbons (Fsp3) is 0.222. The van der Waals surface area contributed by atoms with Gasteiger partial charge in [-0.05, 0) is 55.0 Å². The molecule has 2 heterocycles. The third-order valence-electron chi connectivity index (χ3n) is 6.36. The number of carbonyl (C=O) groups is 1. The molecule has 0 N–H and O–H groups in total. The van der Waals surface area contributed by atoms with Gasteiger partial charge in [-0.3, -0.25) is 4.79 Å². The molecule has 0 atom stereocenters. The number of piperazine rings is 1. The maximum absolute atomic E-state index is 13.7. The van der Waals surface area contributed by atoms with Gasteiger partial charge in [0.15, 0.2) is 0 Å². The van der Waals surface area contributed by atoms with E-state index < -0.39 is 5.97 Å². The van der Waals surface area contributed by atoms with Gasteiger partial charge in [-0.15, -0.1) is 0 Å². The molecule has 0 radical (unpaired) electrons. The molecule has 5 rings (SSSR count). The number of carbonyl (C=O) groups excluding carboxylic acids is 1. The van der Waals surface area contributed by atoms with Crippen LogP contribution >= 0.6 is 11.6 Å². The number of aromatic nitrogens is 2. The summed E-state index contributed by atoms with van der Waals surface area (Å²) in [6.07, 6.45) is 0. The van der Waals surface area contributed by atoms with E-state index in [1.165, 1.54) is 12.7 Å². The van der Waals surface area contributed by atoms with Crippen molar-refractivity contribution in [1.82, 2.24) is 9.55 Å². The molecular formula is C27H25ClN4O3. The Labute approximate surface area is 208 Å². The van der Waals surface area contributed by atoms with Crippen molar-refractivity contribution in [3.63, 3.8) is 0 Å². The van der Waals surface area contributed by atoms with E-state index in [1.54, 1.807) is 22.8 Å². The van der Waals surface area contributed by atoms with Gasteiger partial charge < -0.3 is 14.5 Å². The standard InChI is InChI=1S/C27H25ClN4O3/c1-18-8-10-20(28)17-24(18)30-12-14-31(15-13-30)27-29-23-16-19(26(34)35-2)9-11-22(23)25(33)32(27)21-6-4-3-5-7-21/h3-11,16-17H,12-15H2,1-2H3. The highest BCUT2D eigenvalue weighted by atomic mass is 35.5. The first kappa shape index (κ1) is 22.9. The number of halogens is 1. The number of benzene rings is 3. The van der Waals surface area contributed by atoms with Gasteiger partial charge in [0.25, 0.3) is 5.56 Å². The van der Waals surface area contributed by atoms with Crippen molar-refractivity contribution in [1.29, 1.82) is 0 Å². The minimum absolute atomic E-state index is 0.180. The fourth-order valence-corrected chi connectivity index (χ4v) is 4.68. The van der Waals surface area contributed by atoms with Gasteiger partial charge in [-0.25, -0.2) is 14.3 Å². The summed E-state index contributed by atoms with van der Waals surface area (Å²) < 4.78 is 6.50. The molecule has 0 aliphatic carbocycles. The quantitative estimate of drug-likeness (QED) is 0.395. The van der Waals surface area contributed by atoms with Crippen LogP contribution in [0.25, 0.3) is 16.6 Å². The summed E-state index contributed by atoms with van der Waals surface area (Å²) in [5.74, 6) is 0.0891. The second-order valence-corrected chi connectivity index (χ2v) is 8.95. The number of hydrogen-bond donors (Lipinski definition) is 0. The number of methoxy groups -OCH3 is 1. The van der Waals surface area contributed by atoms with Gasteiger partial charge >= 0.3 is 5.97 Å². The van der Waals surface area contributed by atoms with Crippen molar-refractivity contribution >= 4 is 40.1 Å². The molecule has 3 aromatic carbocycles. The van der Waals surface area contributed by atoms with Crippen LogP contribution in [0.3, 0.4) is 0 Å². The van der Waals surface area contributed by atoms with E-state index in [2.05, 4.69) is 16.7 Å². The Morgan fingerprint density at radius 3 is 2.37 bits per heavy atom. The van der Waals surface area contributed by atoms with Crippen molar-refractivity contribution in [2.45, 2.75) is 6.92 Å². The molecule has 0 amide bonds. The van der Waals surface area contributed by atoms with Crippen molar-refractivity contribution in [2.75, 3.05) is 43.1 Å². The molecule has 0 saturated carbocycles. The first-order chi connectivity index (χ1) is 17.0. The minimum atomic E-state index is -0.465. The molecule has 1 fully saturated rings. The number of ether oxygens (including phenoxy) is 1. The number of aryl methyl sites for hydroxylation is 1. The van der Waals surface area contributed by atoms with Crippen molar-refractivity contribution in [2.24, 2.45) is 0 Å². The lowest BCUT2D eigenvalue weighted by atomic mass is 10.1. The number of esters is 1. The van der Waals surface area contributed by atoms with Gasteiger partial charge in [0.05, 0.1) is 29.3 Å². The third-order valence-corrected chi connectivity index (χ3v) is 6.60. The molecule has 1 aromatic heterocycles. The lowest BCUT2D eigenvalue weighted by Crippen LogP contribution is -2.48. The summed E-state index contributed by atoms with van der Waals surface area (Å²) in [5.41, 5.74) is 3.67. The zero-order valence-electron chi connectivity index (χ0n) is 19.6. The third kappa shape index (κ3) is 4.35. The van der Waals surface area contributed by atoms with Crippen LogP contribution in [0.1, 0.15) is 15.9 Å².